The molecule has 1 saturated heterocycles. The van der Waals surface area contributed by atoms with E-state index in [2.05, 4.69) is 5.10 Å². The molecule has 2 aromatic rings. The number of amides is 1. The van der Waals surface area contributed by atoms with Gasteiger partial charge in [-0.1, -0.05) is 18.2 Å². The molecule has 0 spiro atoms. The maximum absolute atomic E-state index is 12.9. The molecule has 0 unspecified atom stereocenters. The second-order valence-electron chi connectivity index (χ2n) is 6.19. The largest absolute Gasteiger partial charge is 0.480 e. The lowest BCUT2D eigenvalue weighted by atomic mass is 10.0. The Morgan fingerprint density at radius 2 is 1.96 bits per heavy atom. The molecule has 3 rings (SSSR count). The summed E-state index contributed by atoms with van der Waals surface area (Å²) in [5.74, 6) is -1.19. The molecule has 2 heterocycles. The predicted octanol–water partition coefficient (Wildman–Crippen LogP) is 2.57. The summed E-state index contributed by atoms with van der Waals surface area (Å²) < 4.78 is 1.74. The molecule has 0 saturated carbocycles. The van der Waals surface area contributed by atoms with Crippen LogP contribution in [0.1, 0.15) is 40.9 Å². The highest BCUT2D eigenvalue weighted by Crippen LogP contribution is 2.23. The minimum absolute atomic E-state index is 0.251. The number of piperidine rings is 1. The van der Waals surface area contributed by atoms with Crippen molar-refractivity contribution in [2.24, 2.45) is 0 Å². The first-order valence-corrected chi connectivity index (χ1v) is 8.15. The molecule has 1 atom stereocenters. The predicted molar refractivity (Wildman–Crippen MR) is 89.3 cm³/mol. The zero-order valence-electron chi connectivity index (χ0n) is 13.9. The van der Waals surface area contributed by atoms with Crippen molar-refractivity contribution in [3.8, 4) is 5.69 Å². The third-order valence-corrected chi connectivity index (χ3v) is 4.63. The summed E-state index contributed by atoms with van der Waals surface area (Å²) in [4.78, 5) is 25.8. The van der Waals surface area contributed by atoms with Gasteiger partial charge < -0.3 is 10.0 Å². The minimum atomic E-state index is -0.938. The molecule has 6 heteroatoms. The first kappa shape index (κ1) is 16.2. The second-order valence-corrected chi connectivity index (χ2v) is 6.19. The Morgan fingerprint density at radius 1 is 1.21 bits per heavy atom. The highest BCUT2D eigenvalue weighted by Gasteiger charge is 2.33. The highest BCUT2D eigenvalue weighted by molar-refractivity contribution is 5.97. The standard InChI is InChI=1S/C18H21N3O3/c1-12-7-3-4-8-15(12)21-13(2)14(11-19-21)17(22)20-10-6-5-9-16(20)18(23)24/h3-4,7-8,11,16H,5-6,9-10H2,1-2H3,(H,23,24)/t16-/m1/s1. The normalized spacial score (nSPS) is 17.8. The fraction of sp³-hybridized carbons (Fsp3) is 0.389. The molecule has 1 N–H and O–H groups in total. The van der Waals surface area contributed by atoms with Crippen LogP contribution in [0, 0.1) is 13.8 Å². The summed E-state index contributed by atoms with van der Waals surface area (Å²) in [6.07, 6.45) is 3.71. The Balaban J connectivity index is 1.94. The maximum atomic E-state index is 12.9. The number of nitrogens with zero attached hydrogens (tertiary/aromatic N) is 3. The number of hydrogen-bond donors (Lipinski definition) is 1. The van der Waals surface area contributed by atoms with Gasteiger partial charge in [-0.25, -0.2) is 9.48 Å². The van der Waals surface area contributed by atoms with Crippen LogP contribution in [0.5, 0.6) is 0 Å². The van der Waals surface area contributed by atoms with Crippen molar-refractivity contribution in [1.82, 2.24) is 14.7 Å². The lowest BCUT2D eigenvalue weighted by Gasteiger charge is -2.32. The fourth-order valence-electron chi connectivity index (χ4n) is 3.25. The molecule has 0 bridgehead atoms. The molecule has 1 fully saturated rings. The Kier molecular flexibility index (Phi) is 4.38. The van der Waals surface area contributed by atoms with E-state index in [9.17, 15) is 14.7 Å². The SMILES string of the molecule is Cc1ccccc1-n1ncc(C(=O)N2CCCC[C@@H]2C(=O)O)c1C. The number of likely N-dealkylation sites (tertiary alicyclic amines) is 1. The number of aliphatic carboxylic acids is 1. The van der Waals surface area contributed by atoms with Gasteiger partial charge in [0.25, 0.3) is 5.91 Å². The van der Waals surface area contributed by atoms with Crippen molar-refractivity contribution in [3.05, 3.63) is 47.3 Å². The average molecular weight is 327 g/mol. The first-order chi connectivity index (χ1) is 11.5. The van der Waals surface area contributed by atoms with Crippen LogP contribution in [0.2, 0.25) is 0 Å². The molecule has 1 aliphatic heterocycles. The molecule has 126 valence electrons. The van der Waals surface area contributed by atoms with Crippen LogP contribution in [0.15, 0.2) is 30.5 Å². The first-order valence-electron chi connectivity index (χ1n) is 8.15. The number of aryl methyl sites for hydroxylation is 1. The number of para-hydroxylation sites is 1. The molecule has 1 amide bonds. The van der Waals surface area contributed by atoms with Crippen LogP contribution in [0.25, 0.3) is 5.69 Å². The highest BCUT2D eigenvalue weighted by atomic mass is 16.4. The van der Waals surface area contributed by atoms with Gasteiger partial charge in [0.1, 0.15) is 6.04 Å². The molecule has 6 nitrogen and oxygen atoms in total. The third kappa shape index (κ3) is 2.79. The number of carboxylic acid groups (broad SMARTS) is 1. The van der Waals surface area contributed by atoms with Crippen LogP contribution in [0.4, 0.5) is 0 Å². The number of rotatable bonds is 3. The van der Waals surface area contributed by atoms with E-state index < -0.39 is 12.0 Å². The van der Waals surface area contributed by atoms with Crippen molar-refractivity contribution >= 4 is 11.9 Å². The maximum Gasteiger partial charge on any atom is 0.326 e. The van der Waals surface area contributed by atoms with Gasteiger partial charge in [0, 0.05) is 6.54 Å². The van der Waals surface area contributed by atoms with E-state index in [-0.39, 0.29) is 5.91 Å². The van der Waals surface area contributed by atoms with Gasteiger partial charge in [0.2, 0.25) is 0 Å². The fourth-order valence-corrected chi connectivity index (χ4v) is 3.25. The summed E-state index contributed by atoms with van der Waals surface area (Å²) in [5, 5.41) is 13.7. The molecule has 1 aliphatic rings. The van der Waals surface area contributed by atoms with Gasteiger partial charge in [0.15, 0.2) is 0 Å². The van der Waals surface area contributed by atoms with Gasteiger partial charge in [0.05, 0.1) is 23.1 Å². The number of carbonyl (C=O) groups excluding carboxylic acids is 1. The van der Waals surface area contributed by atoms with Gasteiger partial charge >= 0.3 is 5.97 Å². The monoisotopic (exact) mass is 327 g/mol. The molecule has 1 aromatic heterocycles. The van der Waals surface area contributed by atoms with Crippen molar-refractivity contribution < 1.29 is 14.7 Å². The van der Waals surface area contributed by atoms with E-state index in [4.69, 9.17) is 0 Å². The second kappa shape index (κ2) is 6.47. The zero-order valence-corrected chi connectivity index (χ0v) is 13.9. The summed E-state index contributed by atoms with van der Waals surface area (Å²) in [6.45, 7) is 4.31. The van der Waals surface area contributed by atoms with Crippen molar-refractivity contribution in [2.75, 3.05) is 6.54 Å². The van der Waals surface area contributed by atoms with Gasteiger partial charge in [-0.2, -0.15) is 5.10 Å². The van der Waals surface area contributed by atoms with E-state index in [0.717, 1.165) is 29.8 Å². The van der Waals surface area contributed by atoms with Crippen LogP contribution in [-0.4, -0.2) is 44.3 Å². The number of aromatic nitrogens is 2. The molecule has 24 heavy (non-hydrogen) atoms. The molecular weight excluding hydrogens is 306 g/mol. The van der Waals surface area contributed by atoms with Crippen LogP contribution >= 0.6 is 0 Å². The Bertz CT molecular complexity index is 782. The molecular formula is C18H21N3O3. The molecule has 0 aliphatic carbocycles. The quantitative estimate of drug-likeness (QED) is 0.940. The molecule has 1 aromatic carbocycles. The lowest BCUT2D eigenvalue weighted by molar-refractivity contribution is -0.143. The van der Waals surface area contributed by atoms with Crippen molar-refractivity contribution in [1.29, 1.82) is 0 Å². The number of hydrogen-bond acceptors (Lipinski definition) is 3. The third-order valence-electron chi connectivity index (χ3n) is 4.63. The minimum Gasteiger partial charge on any atom is -0.480 e. The van der Waals surface area contributed by atoms with E-state index >= 15 is 0 Å². The van der Waals surface area contributed by atoms with Crippen LogP contribution in [-0.2, 0) is 4.79 Å². The van der Waals surface area contributed by atoms with E-state index in [0.29, 0.717) is 18.5 Å². The average Bonchev–Trinajstić information content (AvgIpc) is 2.96. The lowest BCUT2D eigenvalue weighted by Crippen LogP contribution is -2.48. The zero-order chi connectivity index (χ0) is 17.3. The van der Waals surface area contributed by atoms with Gasteiger partial charge in [-0.05, 0) is 44.7 Å². The number of carbonyl (C=O) groups is 2. The summed E-state index contributed by atoms with van der Waals surface area (Å²) in [6, 6.07) is 7.07. The number of benzene rings is 1. The summed E-state index contributed by atoms with van der Waals surface area (Å²) in [7, 11) is 0. The van der Waals surface area contributed by atoms with E-state index in [1.807, 2.05) is 38.1 Å². The van der Waals surface area contributed by atoms with Crippen molar-refractivity contribution in [3.63, 3.8) is 0 Å². The topological polar surface area (TPSA) is 75.4 Å². The van der Waals surface area contributed by atoms with E-state index in [1.165, 1.54) is 11.1 Å². The number of carboxylic acids is 1. The Morgan fingerprint density at radius 3 is 2.67 bits per heavy atom. The smallest absolute Gasteiger partial charge is 0.326 e. The summed E-state index contributed by atoms with van der Waals surface area (Å²) in [5.41, 5.74) is 3.17. The Hall–Kier alpha value is -2.63. The van der Waals surface area contributed by atoms with E-state index in [1.54, 1.807) is 4.68 Å². The Labute approximate surface area is 140 Å². The van der Waals surface area contributed by atoms with Crippen molar-refractivity contribution in [2.45, 2.75) is 39.2 Å². The van der Waals surface area contributed by atoms with Gasteiger partial charge in [-0.3, -0.25) is 4.79 Å². The van der Waals surface area contributed by atoms with Crippen LogP contribution in [0.3, 0.4) is 0 Å². The summed E-state index contributed by atoms with van der Waals surface area (Å²) >= 11 is 0. The molecule has 0 radical (unpaired) electrons. The van der Waals surface area contributed by atoms with Crippen LogP contribution < -0.4 is 0 Å². The van der Waals surface area contributed by atoms with Gasteiger partial charge in [-0.15, -0.1) is 0 Å².